The van der Waals surface area contributed by atoms with E-state index in [0.717, 1.165) is 0 Å². The molecule has 6 heteroatoms. The molecule has 1 amide bonds. The summed E-state index contributed by atoms with van der Waals surface area (Å²) >= 11 is 0. The van der Waals surface area contributed by atoms with E-state index in [9.17, 15) is 14.0 Å². The molecule has 0 aromatic heterocycles. The smallest absolute Gasteiger partial charge is 0.328 e. The molecule has 1 rings (SSSR count). The number of carboxylic acids is 1. The van der Waals surface area contributed by atoms with Gasteiger partial charge in [0.2, 0.25) is 0 Å². The van der Waals surface area contributed by atoms with Crippen LogP contribution in [0, 0.1) is 0 Å². The number of carbonyl (C=O) groups is 2. The molecule has 5 nitrogen and oxygen atoms in total. The average Bonchev–Trinajstić information content (AvgIpc) is 2.35. The second-order valence-corrected chi connectivity index (χ2v) is 4.18. The van der Waals surface area contributed by atoms with Crippen molar-refractivity contribution in [2.24, 2.45) is 0 Å². The van der Waals surface area contributed by atoms with Gasteiger partial charge in [-0.3, -0.25) is 4.79 Å². The molecule has 2 N–H and O–H groups in total. The summed E-state index contributed by atoms with van der Waals surface area (Å²) in [5.74, 6) is -1.77. The zero-order valence-corrected chi connectivity index (χ0v) is 10.7. The Morgan fingerprint density at radius 2 is 2.00 bits per heavy atom. The highest BCUT2D eigenvalue weighted by Gasteiger charge is 2.22. The molecular formula is C13H16FNO4. The molecule has 1 aromatic carbocycles. The van der Waals surface area contributed by atoms with Crippen LogP contribution in [-0.2, 0) is 4.79 Å². The van der Waals surface area contributed by atoms with Gasteiger partial charge in [-0.2, -0.15) is 0 Å². The number of para-hydroxylation sites is 1. The molecule has 0 fully saturated rings. The summed E-state index contributed by atoms with van der Waals surface area (Å²) in [5, 5.41) is 10.8. The van der Waals surface area contributed by atoms with E-state index in [1.807, 2.05) is 0 Å². The van der Waals surface area contributed by atoms with Gasteiger partial charge >= 0.3 is 5.97 Å². The second-order valence-electron chi connectivity index (χ2n) is 4.18. The largest absolute Gasteiger partial charge is 0.490 e. The highest BCUT2D eigenvalue weighted by molar-refractivity contribution is 5.98. The molecule has 0 aliphatic carbocycles. The fourth-order valence-corrected chi connectivity index (χ4v) is 1.41. The topological polar surface area (TPSA) is 75.6 Å². The summed E-state index contributed by atoms with van der Waals surface area (Å²) in [5.41, 5.74) is 0.177. The fraction of sp³-hybridized carbons (Fsp3) is 0.385. The predicted octanol–water partition coefficient (Wildman–Crippen LogP) is 1.63. The Morgan fingerprint density at radius 1 is 1.37 bits per heavy atom. The van der Waals surface area contributed by atoms with Crippen molar-refractivity contribution < 1.29 is 23.8 Å². The van der Waals surface area contributed by atoms with Crippen LogP contribution in [0.5, 0.6) is 5.75 Å². The number of carbonyl (C=O) groups excluding carboxylic acids is 1. The lowest BCUT2D eigenvalue weighted by Gasteiger charge is -2.15. The first-order chi connectivity index (χ1) is 8.95. The molecule has 19 heavy (non-hydrogen) atoms. The molecule has 0 radical (unpaired) electrons. The van der Waals surface area contributed by atoms with Gasteiger partial charge in [0.15, 0.2) is 6.04 Å². The van der Waals surface area contributed by atoms with Gasteiger partial charge in [0.1, 0.15) is 12.4 Å². The molecule has 0 aliphatic heterocycles. The van der Waals surface area contributed by atoms with Crippen LogP contribution in [-0.4, -0.2) is 35.8 Å². The highest BCUT2D eigenvalue weighted by atomic mass is 19.1. The summed E-state index contributed by atoms with van der Waals surface area (Å²) in [6.07, 6.45) is -0.134. The third-order valence-electron chi connectivity index (χ3n) is 2.25. The number of ether oxygens (including phenoxy) is 1. The number of hydrogen-bond acceptors (Lipinski definition) is 3. The van der Waals surface area contributed by atoms with E-state index >= 15 is 0 Å². The van der Waals surface area contributed by atoms with Gasteiger partial charge in [-0.1, -0.05) is 12.1 Å². The van der Waals surface area contributed by atoms with E-state index in [1.165, 1.54) is 6.07 Å². The zero-order chi connectivity index (χ0) is 14.4. The highest BCUT2D eigenvalue weighted by Crippen LogP contribution is 2.19. The minimum absolute atomic E-state index is 0.134. The van der Waals surface area contributed by atoms with Crippen LogP contribution in [0.1, 0.15) is 24.2 Å². The number of amides is 1. The van der Waals surface area contributed by atoms with Crippen molar-refractivity contribution in [3.8, 4) is 5.75 Å². The van der Waals surface area contributed by atoms with Gasteiger partial charge in [-0.25, -0.2) is 9.18 Å². The molecule has 0 saturated heterocycles. The SMILES string of the molecule is CC(C)Oc1ccccc1C(=O)NC(CF)C(=O)O. The summed E-state index contributed by atoms with van der Waals surface area (Å²) in [6, 6.07) is 4.84. The molecule has 0 bridgehead atoms. The van der Waals surface area contributed by atoms with Crippen LogP contribution in [0.15, 0.2) is 24.3 Å². The van der Waals surface area contributed by atoms with E-state index < -0.39 is 24.6 Å². The van der Waals surface area contributed by atoms with Gasteiger partial charge in [-0.05, 0) is 26.0 Å². The minimum Gasteiger partial charge on any atom is -0.490 e. The monoisotopic (exact) mass is 269 g/mol. The Morgan fingerprint density at radius 3 is 2.53 bits per heavy atom. The van der Waals surface area contributed by atoms with Crippen molar-refractivity contribution in [3.63, 3.8) is 0 Å². The number of carboxylic acid groups (broad SMARTS) is 1. The Balaban J connectivity index is 2.90. The van der Waals surface area contributed by atoms with Crippen LogP contribution in [0.2, 0.25) is 0 Å². The van der Waals surface area contributed by atoms with Gasteiger partial charge < -0.3 is 15.2 Å². The maximum Gasteiger partial charge on any atom is 0.328 e. The standard InChI is InChI=1S/C13H16FNO4/c1-8(2)19-11-6-4-3-5-9(11)12(16)15-10(7-14)13(17)18/h3-6,8,10H,7H2,1-2H3,(H,15,16)(H,17,18). The van der Waals surface area contributed by atoms with Crippen molar-refractivity contribution in [1.82, 2.24) is 5.32 Å². The molecule has 1 unspecified atom stereocenters. The van der Waals surface area contributed by atoms with Crippen LogP contribution in [0.25, 0.3) is 0 Å². The lowest BCUT2D eigenvalue weighted by atomic mass is 10.1. The molecule has 0 spiro atoms. The van der Waals surface area contributed by atoms with E-state index in [0.29, 0.717) is 5.75 Å². The van der Waals surface area contributed by atoms with Gasteiger partial charge in [0.25, 0.3) is 5.91 Å². The molecule has 0 aliphatic rings. The first-order valence-electron chi connectivity index (χ1n) is 5.81. The quantitative estimate of drug-likeness (QED) is 0.823. The number of benzene rings is 1. The minimum atomic E-state index is -1.56. The van der Waals surface area contributed by atoms with Gasteiger partial charge in [0.05, 0.1) is 11.7 Å². The molecule has 0 heterocycles. The van der Waals surface area contributed by atoms with E-state index in [2.05, 4.69) is 5.32 Å². The lowest BCUT2D eigenvalue weighted by molar-refractivity contribution is -0.139. The Bertz CT molecular complexity index is 462. The average molecular weight is 269 g/mol. The van der Waals surface area contributed by atoms with Crippen LogP contribution in [0.4, 0.5) is 4.39 Å². The summed E-state index contributed by atoms with van der Waals surface area (Å²) in [6.45, 7) is 2.43. The third kappa shape index (κ3) is 4.24. The van der Waals surface area contributed by atoms with Crippen molar-refractivity contribution >= 4 is 11.9 Å². The molecule has 104 valence electrons. The number of halogens is 1. The normalized spacial score (nSPS) is 12.0. The number of hydrogen-bond donors (Lipinski definition) is 2. The van der Waals surface area contributed by atoms with E-state index in [-0.39, 0.29) is 11.7 Å². The van der Waals surface area contributed by atoms with Crippen molar-refractivity contribution in [2.75, 3.05) is 6.67 Å². The maximum absolute atomic E-state index is 12.5. The summed E-state index contributed by atoms with van der Waals surface area (Å²) in [7, 11) is 0. The fourth-order valence-electron chi connectivity index (χ4n) is 1.41. The summed E-state index contributed by atoms with van der Waals surface area (Å²) < 4.78 is 17.9. The second kappa shape index (κ2) is 6.72. The molecular weight excluding hydrogens is 253 g/mol. The number of aliphatic carboxylic acids is 1. The van der Waals surface area contributed by atoms with E-state index in [1.54, 1.807) is 32.0 Å². The summed E-state index contributed by atoms with van der Waals surface area (Å²) in [4.78, 5) is 22.6. The zero-order valence-electron chi connectivity index (χ0n) is 10.7. The third-order valence-corrected chi connectivity index (χ3v) is 2.25. The maximum atomic E-state index is 12.5. The Hall–Kier alpha value is -2.11. The van der Waals surface area contributed by atoms with Crippen molar-refractivity contribution in [1.29, 1.82) is 0 Å². The van der Waals surface area contributed by atoms with Crippen LogP contribution in [0.3, 0.4) is 0 Å². The predicted molar refractivity (Wildman–Crippen MR) is 67.1 cm³/mol. The molecule has 0 saturated carbocycles. The van der Waals surface area contributed by atoms with Crippen LogP contribution >= 0.6 is 0 Å². The molecule has 1 atom stereocenters. The van der Waals surface area contributed by atoms with Crippen LogP contribution < -0.4 is 10.1 Å². The first-order valence-corrected chi connectivity index (χ1v) is 5.81. The number of alkyl halides is 1. The van der Waals surface area contributed by atoms with Gasteiger partial charge in [-0.15, -0.1) is 0 Å². The first kappa shape index (κ1) is 14.9. The van der Waals surface area contributed by atoms with E-state index in [4.69, 9.17) is 9.84 Å². The number of nitrogens with one attached hydrogen (secondary N) is 1. The lowest BCUT2D eigenvalue weighted by Crippen LogP contribution is -2.42. The van der Waals surface area contributed by atoms with Crippen molar-refractivity contribution in [3.05, 3.63) is 29.8 Å². The molecule has 1 aromatic rings. The van der Waals surface area contributed by atoms with Crippen molar-refractivity contribution in [2.45, 2.75) is 26.0 Å². The Kier molecular flexibility index (Phi) is 5.29. The van der Waals surface area contributed by atoms with Gasteiger partial charge in [0, 0.05) is 0 Å². The number of rotatable bonds is 6. The Labute approximate surface area is 110 Å².